The van der Waals surface area contributed by atoms with Gasteiger partial charge in [-0.3, -0.25) is 9.69 Å². The molecule has 1 amide bonds. The maximum atomic E-state index is 12.3. The van der Waals surface area contributed by atoms with E-state index in [0.717, 1.165) is 0 Å². The van der Waals surface area contributed by atoms with Crippen molar-refractivity contribution in [1.29, 1.82) is 0 Å². The van der Waals surface area contributed by atoms with Crippen LogP contribution in [0.1, 0.15) is 6.92 Å². The summed E-state index contributed by atoms with van der Waals surface area (Å²) in [6, 6.07) is 12.5. The number of amides is 1. The van der Waals surface area contributed by atoms with E-state index in [4.69, 9.17) is 16.3 Å². The van der Waals surface area contributed by atoms with Crippen LogP contribution in [-0.2, 0) is 4.79 Å². The van der Waals surface area contributed by atoms with Gasteiger partial charge in [0.15, 0.2) is 0 Å². The van der Waals surface area contributed by atoms with E-state index >= 15 is 0 Å². The number of benzene rings is 2. The zero-order valence-electron chi connectivity index (χ0n) is 15.0. The van der Waals surface area contributed by atoms with Crippen molar-refractivity contribution in [1.82, 2.24) is 4.90 Å². The Morgan fingerprint density at radius 2 is 1.85 bits per heavy atom. The Balaban J connectivity index is 1.80. The number of hydrogen-bond acceptors (Lipinski definition) is 4. The van der Waals surface area contributed by atoms with Gasteiger partial charge in [0.05, 0.1) is 11.1 Å². The van der Waals surface area contributed by atoms with Gasteiger partial charge in [-0.15, -0.1) is 0 Å². The minimum atomic E-state index is -2.88. The summed E-state index contributed by atoms with van der Waals surface area (Å²) in [5.74, 6) is 0.401. The molecule has 0 aromatic heterocycles. The Morgan fingerprint density at radius 3 is 2.48 bits per heavy atom. The van der Waals surface area contributed by atoms with Crippen LogP contribution in [0.15, 0.2) is 48.5 Å². The molecule has 1 unspecified atom stereocenters. The summed E-state index contributed by atoms with van der Waals surface area (Å²) in [6.45, 7) is -0.232. The molecule has 1 atom stereocenters. The number of nitrogens with zero attached hydrogens (tertiary/aromatic N) is 1. The second-order valence-electron chi connectivity index (χ2n) is 5.83. The summed E-state index contributed by atoms with van der Waals surface area (Å²) in [5, 5.41) is 3.27. The molecule has 27 heavy (non-hydrogen) atoms. The predicted molar refractivity (Wildman–Crippen MR) is 101 cm³/mol. The number of anilines is 1. The Labute approximate surface area is 161 Å². The van der Waals surface area contributed by atoms with Gasteiger partial charge in [0.25, 0.3) is 0 Å². The molecule has 1 N–H and O–H groups in total. The van der Waals surface area contributed by atoms with Gasteiger partial charge in [0.1, 0.15) is 18.1 Å². The number of likely N-dealkylation sites (N-methyl/N-ethyl adjacent to an activating group) is 1. The molecule has 0 saturated heterocycles. The number of nitrogens with one attached hydrogen (secondary N) is 1. The fourth-order valence-electron chi connectivity index (χ4n) is 2.22. The first-order chi connectivity index (χ1) is 12.9. The van der Waals surface area contributed by atoms with Crippen LogP contribution in [0.25, 0.3) is 0 Å². The molecule has 2 aromatic rings. The third-order valence-corrected chi connectivity index (χ3v) is 4.24. The normalized spacial score (nSPS) is 12.1. The summed E-state index contributed by atoms with van der Waals surface area (Å²) in [5.41, 5.74) is 0.495. The molecule has 5 nitrogen and oxygen atoms in total. The monoisotopic (exact) mass is 398 g/mol. The van der Waals surface area contributed by atoms with E-state index in [-0.39, 0.29) is 11.7 Å². The van der Waals surface area contributed by atoms with Crippen LogP contribution in [0.4, 0.5) is 14.5 Å². The van der Waals surface area contributed by atoms with Crippen molar-refractivity contribution in [2.75, 3.05) is 25.5 Å². The number of carbonyl (C=O) groups excluding carboxylic acids is 1. The van der Waals surface area contributed by atoms with Crippen molar-refractivity contribution in [3.8, 4) is 11.5 Å². The quantitative estimate of drug-likeness (QED) is 0.685. The number of ether oxygens (including phenoxy) is 2. The standard InChI is InChI=1S/C19H21ClF2N2O3/c1-13(24(2)11-12-26-17-6-4-3-5-16(17)20)18(25)23-14-7-9-15(10-8-14)27-19(21)22/h3-10,13,19H,11-12H2,1-2H3,(H,23,25). The minimum Gasteiger partial charge on any atom is -0.491 e. The Bertz CT molecular complexity index is 744. The summed E-state index contributed by atoms with van der Waals surface area (Å²) >= 11 is 6.03. The Morgan fingerprint density at radius 1 is 1.19 bits per heavy atom. The molecule has 0 aliphatic rings. The van der Waals surface area contributed by atoms with E-state index in [1.54, 1.807) is 26.1 Å². The second-order valence-corrected chi connectivity index (χ2v) is 6.23. The summed E-state index contributed by atoms with van der Waals surface area (Å²) in [7, 11) is 1.81. The van der Waals surface area contributed by atoms with Gasteiger partial charge in [-0.25, -0.2) is 0 Å². The molecule has 8 heteroatoms. The van der Waals surface area contributed by atoms with Crippen LogP contribution < -0.4 is 14.8 Å². The van der Waals surface area contributed by atoms with Crippen LogP contribution in [0, 0.1) is 0 Å². The number of rotatable bonds is 9. The molecular formula is C19H21ClF2N2O3. The SMILES string of the molecule is CC(C(=O)Nc1ccc(OC(F)F)cc1)N(C)CCOc1ccccc1Cl. The lowest BCUT2D eigenvalue weighted by Crippen LogP contribution is -2.41. The van der Waals surface area contributed by atoms with Crippen LogP contribution in [-0.4, -0.2) is 43.7 Å². The summed E-state index contributed by atoms with van der Waals surface area (Å²) in [4.78, 5) is 14.2. The van der Waals surface area contributed by atoms with Crippen molar-refractivity contribution in [3.05, 3.63) is 53.6 Å². The smallest absolute Gasteiger partial charge is 0.387 e. The highest BCUT2D eigenvalue weighted by molar-refractivity contribution is 6.32. The molecule has 0 bridgehead atoms. The fraction of sp³-hybridized carbons (Fsp3) is 0.316. The van der Waals surface area contributed by atoms with E-state index in [2.05, 4.69) is 10.1 Å². The van der Waals surface area contributed by atoms with E-state index in [0.29, 0.717) is 29.6 Å². The molecule has 0 fully saturated rings. The second kappa shape index (κ2) is 10.1. The van der Waals surface area contributed by atoms with Gasteiger partial charge < -0.3 is 14.8 Å². The van der Waals surface area contributed by atoms with Gasteiger partial charge in [-0.2, -0.15) is 8.78 Å². The highest BCUT2D eigenvalue weighted by Gasteiger charge is 2.18. The molecule has 0 spiro atoms. The molecule has 2 aromatic carbocycles. The highest BCUT2D eigenvalue weighted by Crippen LogP contribution is 2.23. The average molecular weight is 399 g/mol. The largest absolute Gasteiger partial charge is 0.491 e. The van der Waals surface area contributed by atoms with Crippen molar-refractivity contribution in [2.24, 2.45) is 0 Å². The molecule has 0 aliphatic heterocycles. The summed E-state index contributed by atoms with van der Waals surface area (Å²) < 4.78 is 34.2. The van der Waals surface area contributed by atoms with E-state index in [9.17, 15) is 13.6 Å². The first-order valence-corrected chi connectivity index (χ1v) is 8.68. The molecule has 0 heterocycles. The lowest BCUT2D eigenvalue weighted by Gasteiger charge is -2.24. The lowest BCUT2D eigenvalue weighted by atomic mass is 10.2. The molecule has 2 rings (SSSR count). The molecule has 0 aliphatic carbocycles. The maximum Gasteiger partial charge on any atom is 0.387 e. The minimum absolute atomic E-state index is 0.0323. The first-order valence-electron chi connectivity index (χ1n) is 8.30. The van der Waals surface area contributed by atoms with E-state index < -0.39 is 12.7 Å². The predicted octanol–water partition coefficient (Wildman–Crippen LogP) is 4.28. The van der Waals surface area contributed by atoms with Crippen LogP contribution in [0.5, 0.6) is 11.5 Å². The molecule has 0 saturated carbocycles. The topological polar surface area (TPSA) is 50.8 Å². The Hall–Kier alpha value is -2.38. The lowest BCUT2D eigenvalue weighted by molar-refractivity contribution is -0.120. The first kappa shape index (κ1) is 20.9. The van der Waals surface area contributed by atoms with Crippen LogP contribution in [0.3, 0.4) is 0 Å². The van der Waals surface area contributed by atoms with Gasteiger partial charge in [-0.05, 0) is 50.4 Å². The highest BCUT2D eigenvalue weighted by atomic mass is 35.5. The van der Waals surface area contributed by atoms with Gasteiger partial charge in [0.2, 0.25) is 5.91 Å². The van der Waals surface area contributed by atoms with Crippen LogP contribution >= 0.6 is 11.6 Å². The fourth-order valence-corrected chi connectivity index (χ4v) is 2.41. The number of halogens is 3. The van der Waals surface area contributed by atoms with Crippen molar-refractivity contribution in [3.63, 3.8) is 0 Å². The van der Waals surface area contributed by atoms with E-state index in [1.165, 1.54) is 24.3 Å². The number of hydrogen-bond donors (Lipinski definition) is 1. The third kappa shape index (κ3) is 6.69. The van der Waals surface area contributed by atoms with Gasteiger partial charge in [-0.1, -0.05) is 23.7 Å². The number of para-hydroxylation sites is 1. The van der Waals surface area contributed by atoms with Crippen molar-refractivity contribution in [2.45, 2.75) is 19.6 Å². The molecular weight excluding hydrogens is 378 g/mol. The third-order valence-electron chi connectivity index (χ3n) is 3.93. The Kier molecular flexibility index (Phi) is 7.82. The van der Waals surface area contributed by atoms with Gasteiger partial charge >= 0.3 is 6.61 Å². The zero-order valence-corrected chi connectivity index (χ0v) is 15.7. The molecule has 0 radical (unpaired) electrons. The van der Waals surface area contributed by atoms with Crippen molar-refractivity contribution >= 4 is 23.2 Å². The maximum absolute atomic E-state index is 12.3. The average Bonchev–Trinajstić information content (AvgIpc) is 2.63. The van der Waals surface area contributed by atoms with Gasteiger partial charge in [0, 0.05) is 12.2 Å². The van der Waals surface area contributed by atoms with Crippen LogP contribution in [0.2, 0.25) is 5.02 Å². The summed E-state index contributed by atoms with van der Waals surface area (Å²) in [6.07, 6.45) is 0. The number of alkyl halides is 2. The van der Waals surface area contributed by atoms with E-state index in [1.807, 2.05) is 17.0 Å². The number of carbonyl (C=O) groups is 1. The van der Waals surface area contributed by atoms with Crippen molar-refractivity contribution < 1.29 is 23.0 Å². The molecule has 146 valence electrons. The zero-order chi connectivity index (χ0) is 19.8.